The number of carbonyl (C=O) groups excluding carboxylic acids is 2. The number of benzene rings is 2. The van der Waals surface area contributed by atoms with Gasteiger partial charge in [0.25, 0.3) is 0 Å². The molecule has 0 aliphatic carbocycles. The molecule has 0 aromatic heterocycles. The zero-order valence-electron chi connectivity index (χ0n) is 13.3. The monoisotopic (exact) mass is 314 g/mol. The van der Waals surface area contributed by atoms with Gasteiger partial charge in [0.2, 0.25) is 11.6 Å². The lowest BCUT2D eigenvalue weighted by molar-refractivity contribution is -0.114. The Hall–Kier alpha value is -2.82. The highest BCUT2D eigenvalue weighted by atomic mass is 16.5. The molecule has 5 heteroatoms. The van der Waals surface area contributed by atoms with Crippen molar-refractivity contribution in [2.45, 2.75) is 6.42 Å². The maximum absolute atomic E-state index is 12.6. The summed E-state index contributed by atoms with van der Waals surface area (Å²) in [6, 6.07) is 12.2. The highest BCUT2D eigenvalue weighted by Crippen LogP contribution is 2.34. The van der Waals surface area contributed by atoms with Gasteiger partial charge in [-0.2, -0.15) is 0 Å². The quantitative estimate of drug-likeness (QED) is 0.581. The molecule has 0 aliphatic heterocycles. The molecule has 0 bridgehead atoms. The van der Waals surface area contributed by atoms with Crippen LogP contribution >= 0.6 is 0 Å². The second kappa shape index (κ2) is 7.45. The third kappa shape index (κ3) is 3.69. The van der Waals surface area contributed by atoms with Gasteiger partial charge in [0.1, 0.15) is 22.8 Å². The molecule has 2 rings (SSSR count). The molecule has 0 atom stereocenters. The first-order valence-corrected chi connectivity index (χ1v) is 7.02. The fraction of sp³-hybridized carbons (Fsp3) is 0.222. The van der Waals surface area contributed by atoms with Crippen molar-refractivity contribution in [3.05, 3.63) is 53.6 Å². The summed E-state index contributed by atoms with van der Waals surface area (Å²) in [5.74, 6) is -0.214. The number of carbonyl (C=O) groups is 2. The number of methoxy groups -OCH3 is 3. The largest absolute Gasteiger partial charge is 0.496 e. The lowest BCUT2D eigenvalue weighted by atomic mass is 9.99. The van der Waals surface area contributed by atoms with E-state index >= 15 is 0 Å². The summed E-state index contributed by atoms with van der Waals surface area (Å²) >= 11 is 0. The number of rotatable bonds is 7. The number of hydrogen-bond acceptors (Lipinski definition) is 5. The molecule has 23 heavy (non-hydrogen) atoms. The molecule has 0 unspecified atom stereocenters. The summed E-state index contributed by atoms with van der Waals surface area (Å²) < 4.78 is 15.6. The van der Waals surface area contributed by atoms with E-state index in [1.54, 1.807) is 24.3 Å². The minimum absolute atomic E-state index is 0.0258. The van der Waals surface area contributed by atoms with Gasteiger partial charge < -0.3 is 14.2 Å². The summed E-state index contributed by atoms with van der Waals surface area (Å²) in [5, 5.41) is 0. The molecule has 0 aliphatic rings. The van der Waals surface area contributed by atoms with Crippen LogP contribution in [0.5, 0.6) is 17.2 Å². The van der Waals surface area contributed by atoms with Gasteiger partial charge in [0, 0.05) is 18.6 Å². The first-order chi connectivity index (χ1) is 11.1. The van der Waals surface area contributed by atoms with Crippen molar-refractivity contribution in [1.82, 2.24) is 0 Å². The first-order valence-electron chi connectivity index (χ1n) is 7.02. The number of hydrogen-bond donors (Lipinski definition) is 0. The molecule has 2 aromatic carbocycles. The SMILES string of the molecule is COc1cc(OC)c(C(=O)C(=O)Cc2ccccc2)c(OC)c1. The minimum Gasteiger partial charge on any atom is -0.496 e. The maximum atomic E-state index is 12.6. The molecule has 0 N–H and O–H groups in total. The van der Waals surface area contributed by atoms with Crippen LogP contribution in [-0.2, 0) is 11.2 Å². The van der Waals surface area contributed by atoms with Gasteiger partial charge >= 0.3 is 0 Å². The van der Waals surface area contributed by atoms with Gasteiger partial charge in [0.15, 0.2) is 0 Å². The van der Waals surface area contributed by atoms with Crippen molar-refractivity contribution in [2.75, 3.05) is 21.3 Å². The number of Topliss-reactive ketones (excluding diaryl/α,β-unsaturated/α-hetero) is 2. The van der Waals surface area contributed by atoms with E-state index in [4.69, 9.17) is 14.2 Å². The average molecular weight is 314 g/mol. The van der Waals surface area contributed by atoms with Gasteiger partial charge in [-0.15, -0.1) is 0 Å². The third-order valence-corrected chi connectivity index (χ3v) is 3.40. The Morgan fingerprint density at radius 1 is 0.870 bits per heavy atom. The van der Waals surface area contributed by atoms with Crippen molar-refractivity contribution < 1.29 is 23.8 Å². The molecule has 0 saturated heterocycles. The Bertz CT molecular complexity index is 682. The maximum Gasteiger partial charge on any atom is 0.236 e. The molecule has 2 aromatic rings. The van der Waals surface area contributed by atoms with Gasteiger partial charge in [-0.1, -0.05) is 30.3 Å². The highest BCUT2D eigenvalue weighted by Gasteiger charge is 2.25. The van der Waals surface area contributed by atoms with Crippen LogP contribution in [0.3, 0.4) is 0 Å². The lowest BCUT2D eigenvalue weighted by Crippen LogP contribution is -2.18. The molecule has 0 saturated carbocycles. The zero-order chi connectivity index (χ0) is 16.8. The summed E-state index contributed by atoms with van der Waals surface area (Å²) in [5.41, 5.74) is 0.883. The topological polar surface area (TPSA) is 61.8 Å². The van der Waals surface area contributed by atoms with E-state index in [2.05, 4.69) is 0 Å². The van der Waals surface area contributed by atoms with Crippen LogP contribution in [-0.4, -0.2) is 32.9 Å². The Kier molecular flexibility index (Phi) is 5.36. The minimum atomic E-state index is -0.648. The van der Waals surface area contributed by atoms with Crippen LogP contribution in [0.25, 0.3) is 0 Å². The van der Waals surface area contributed by atoms with E-state index in [1.807, 2.05) is 18.2 Å². The molecular weight excluding hydrogens is 296 g/mol. The number of ether oxygens (including phenoxy) is 3. The third-order valence-electron chi connectivity index (χ3n) is 3.40. The molecule has 5 nitrogen and oxygen atoms in total. The first kappa shape index (κ1) is 16.5. The Labute approximate surface area is 134 Å². The summed E-state index contributed by atoms with van der Waals surface area (Å²) in [6.07, 6.45) is 0.0258. The van der Waals surface area contributed by atoms with Crippen molar-refractivity contribution in [3.8, 4) is 17.2 Å². The highest BCUT2D eigenvalue weighted by molar-refractivity contribution is 6.45. The summed E-state index contributed by atoms with van der Waals surface area (Å²) in [6.45, 7) is 0. The van der Waals surface area contributed by atoms with Crippen LogP contribution in [0.4, 0.5) is 0 Å². The van der Waals surface area contributed by atoms with E-state index < -0.39 is 11.6 Å². The fourth-order valence-electron chi connectivity index (χ4n) is 2.23. The van der Waals surface area contributed by atoms with Gasteiger partial charge in [-0.05, 0) is 5.56 Å². The predicted molar refractivity (Wildman–Crippen MR) is 85.6 cm³/mol. The van der Waals surface area contributed by atoms with Crippen molar-refractivity contribution in [3.63, 3.8) is 0 Å². The Balaban J connectivity index is 2.36. The van der Waals surface area contributed by atoms with E-state index in [0.717, 1.165) is 5.56 Å². The van der Waals surface area contributed by atoms with E-state index in [-0.39, 0.29) is 23.5 Å². The molecule has 0 amide bonds. The van der Waals surface area contributed by atoms with Gasteiger partial charge in [-0.3, -0.25) is 9.59 Å². The van der Waals surface area contributed by atoms with E-state index in [0.29, 0.717) is 5.75 Å². The van der Waals surface area contributed by atoms with Crippen LogP contribution in [0.15, 0.2) is 42.5 Å². The van der Waals surface area contributed by atoms with E-state index in [1.165, 1.54) is 21.3 Å². The second-order valence-corrected chi connectivity index (χ2v) is 4.82. The molecule has 0 spiro atoms. The standard InChI is InChI=1S/C18H18O5/c1-21-13-10-15(22-2)17(16(11-13)23-3)18(20)14(19)9-12-7-5-4-6-8-12/h4-8,10-11H,9H2,1-3H3. The van der Waals surface area contributed by atoms with Gasteiger partial charge in [0.05, 0.1) is 21.3 Å². The zero-order valence-corrected chi connectivity index (χ0v) is 13.3. The average Bonchev–Trinajstić information content (AvgIpc) is 2.60. The van der Waals surface area contributed by atoms with E-state index in [9.17, 15) is 9.59 Å². The lowest BCUT2D eigenvalue weighted by Gasteiger charge is -2.13. The van der Waals surface area contributed by atoms with Crippen LogP contribution in [0.2, 0.25) is 0 Å². The van der Waals surface area contributed by atoms with Crippen molar-refractivity contribution in [2.24, 2.45) is 0 Å². The Morgan fingerprint density at radius 3 is 1.91 bits per heavy atom. The molecular formula is C18H18O5. The van der Waals surface area contributed by atoms with Crippen LogP contribution in [0.1, 0.15) is 15.9 Å². The van der Waals surface area contributed by atoms with Crippen LogP contribution < -0.4 is 14.2 Å². The predicted octanol–water partition coefficient (Wildman–Crippen LogP) is 2.71. The fourth-order valence-corrected chi connectivity index (χ4v) is 2.23. The van der Waals surface area contributed by atoms with Crippen molar-refractivity contribution in [1.29, 1.82) is 0 Å². The number of ketones is 2. The second-order valence-electron chi connectivity index (χ2n) is 4.82. The molecule has 120 valence electrons. The molecule has 0 fully saturated rings. The summed E-state index contributed by atoms with van der Waals surface area (Å²) in [4.78, 5) is 24.9. The summed E-state index contributed by atoms with van der Waals surface area (Å²) in [7, 11) is 4.34. The van der Waals surface area contributed by atoms with Crippen molar-refractivity contribution >= 4 is 11.6 Å². The van der Waals surface area contributed by atoms with Crippen LogP contribution in [0, 0.1) is 0 Å². The normalized spacial score (nSPS) is 10.0. The smallest absolute Gasteiger partial charge is 0.236 e. The molecule has 0 heterocycles. The molecule has 0 radical (unpaired) electrons. The van der Waals surface area contributed by atoms with Gasteiger partial charge in [-0.25, -0.2) is 0 Å². The Morgan fingerprint density at radius 2 is 1.43 bits per heavy atom.